The fraction of sp³-hybridized carbons (Fsp3) is 0.333. The first-order valence-corrected chi connectivity index (χ1v) is 5.38. The van der Waals surface area contributed by atoms with E-state index in [-0.39, 0.29) is 12.2 Å². The highest BCUT2D eigenvalue weighted by Crippen LogP contribution is 2.36. The van der Waals surface area contributed by atoms with Gasteiger partial charge in [0.25, 0.3) is 0 Å². The van der Waals surface area contributed by atoms with E-state index in [4.69, 9.17) is 4.42 Å². The van der Waals surface area contributed by atoms with Crippen LogP contribution in [-0.2, 0) is 11.2 Å². The zero-order chi connectivity index (χ0) is 11.1. The highest BCUT2D eigenvalue weighted by Gasteiger charge is 2.28. The molecule has 0 unspecified atom stereocenters. The SMILES string of the molecule is O=CCc1cccc2c1oc(=O)n2C1CC1. The monoisotopic (exact) mass is 217 g/mol. The Morgan fingerprint density at radius 3 is 2.94 bits per heavy atom. The number of oxazole rings is 1. The van der Waals surface area contributed by atoms with Crippen molar-refractivity contribution in [2.75, 3.05) is 0 Å². The van der Waals surface area contributed by atoms with Crippen LogP contribution in [0.15, 0.2) is 27.4 Å². The molecule has 0 N–H and O–H groups in total. The van der Waals surface area contributed by atoms with Crippen LogP contribution in [0.3, 0.4) is 0 Å². The molecule has 1 fully saturated rings. The first-order valence-electron chi connectivity index (χ1n) is 5.38. The molecular formula is C12H11NO3. The van der Waals surface area contributed by atoms with Gasteiger partial charge in [-0.2, -0.15) is 0 Å². The van der Waals surface area contributed by atoms with Gasteiger partial charge in [-0.25, -0.2) is 4.79 Å². The van der Waals surface area contributed by atoms with Crippen molar-refractivity contribution in [3.8, 4) is 0 Å². The lowest BCUT2D eigenvalue weighted by atomic mass is 10.1. The number of carbonyl (C=O) groups is 1. The van der Waals surface area contributed by atoms with Crippen LogP contribution in [-0.4, -0.2) is 10.9 Å². The van der Waals surface area contributed by atoms with Crippen LogP contribution < -0.4 is 5.76 Å². The van der Waals surface area contributed by atoms with Crippen molar-refractivity contribution in [3.05, 3.63) is 34.3 Å². The normalized spacial score (nSPS) is 15.5. The van der Waals surface area contributed by atoms with Crippen LogP contribution in [0.1, 0.15) is 24.4 Å². The first-order chi connectivity index (χ1) is 7.81. The number of aromatic nitrogens is 1. The van der Waals surface area contributed by atoms with Crippen molar-refractivity contribution in [2.24, 2.45) is 0 Å². The van der Waals surface area contributed by atoms with Gasteiger partial charge in [0.15, 0.2) is 5.58 Å². The molecule has 0 radical (unpaired) electrons. The van der Waals surface area contributed by atoms with Crippen molar-refractivity contribution in [3.63, 3.8) is 0 Å². The Bertz CT molecular complexity index is 604. The van der Waals surface area contributed by atoms with E-state index in [2.05, 4.69) is 0 Å². The fourth-order valence-electron chi connectivity index (χ4n) is 2.04. The summed E-state index contributed by atoms with van der Waals surface area (Å²) in [6.45, 7) is 0. The number of hydrogen-bond acceptors (Lipinski definition) is 3. The number of hydrogen-bond donors (Lipinski definition) is 0. The number of carbonyl (C=O) groups excluding carboxylic acids is 1. The smallest absolute Gasteiger partial charge is 0.407 e. The number of para-hydroxylation sites is 1. The maximum atomic E-state index is 11.7. The zero-order valence-corrected chi connectivity index (χ0v) is 8.68. The molecule has 0 bridgehead atoms. The lowest BCUT2D eigenvalue weighted by Crippen LogP contribution is -2.11. The Labute approximate surface area is 91.5 Å². The minimum absolute atomic E-state index is 0.287. The molecule has 1 aliphatic carbocycles. The maximum Gasteiger partial charge on any atom is 0.420 e. The average Bonchev–Trinajstić information content (AvgIpc) is 3.03. The lowest BCUT2D eigenvalue weighted by Gasteiger charge is -1.99. The molecule has 4 nitrogen and oxygen atoms in total. The number of nitrogens with zero attached hydrogens (tertiary/aromatic N) is 1. The minimum Gasteiger partial charge on any atom is -0.407 e. The van der Waals surface area contributed by atoms with Crippen molar-refractivity contribution < 1.29 is 9.21 Å². The zero-order valence-electron chi connectivity index (χ0n) is 8.68. The molecule has 1 saturated carbocycles. The van der Waals surface area contributed by atoms with Gasteiger partial charge >= 0.3 is 5.76 Å². The summed E-state index contributed by atoms with van der Waals surface area (Å²) in [5.74, 6) is -0.309. The van der Waals surface area contributed by atoms with Gasteiger partial charge < -0.3 is 9.21 Å². The molecule has 1 aromatic heterocycles. The van der Waals surface area contributed by atoms with Crippen LogP contribution in [0, 0.1) is 0 Å². The summed E-state index contributed by atoms with van der Waals surface area (Å²) in [4.78, 5) is 22.2. The Balaban J connectivity index is 2.29. The summed E-state index contributed by atoms with van der Waals surface area (Å²) in [6, 6.07) is 5.83. The largest absolute Gasteiger partial charge is 0.420 e. The highest BCUT2D eigenvalue weighted by molar-refractivity contribution is 5.79. The van der Waals surface area contributed by atoms with Gasteiger partial charge in [0.2, 0.25) is 0 Å². The van der Waals surface area contributed by atoms with E-state index in [0.717, 1.165) is 30.2 Å². The van der Waals surface area contributed by atoms with Crippen molar-refractivity contribution in [1.29, 1.82) is 0 Å². The van der Waals surface area contributed by atoms with Gasteiger partial charge in [0, 0.05) is 18.0 Å². The van der Waals surface area contributed by atoms with E-state index in [0.29, 0.717) is 11.6 Å². The van der Waals surface area contributed by atoms with Crippen LogP contribution in [0.5, 0.6) is 0 Å². The summed E-state index contributed by atoms with van der Waals surface area (Å²) >= 11 is 0. The molecule has 0 amide bonds. The van der Waals surface area contributed by atoms with E-state index in [1.165, 1.54) is 0 Å². The van der Waals surface area contributed by atoms with E-state index in [1.54, 1.807) is 4.57 Å². The maximum absolute atomic E-state index is 11.7. The van der Waals surface area contributed by atoms with Gasteiger partial charge in [-0.15, -0.1) is 0 Å². The van der Waals surface area contributed by atoms with Gasteiger partial charge in [-0.05, 0) is 18.9 Å². The molecule has 16 heavy (non-hydrogen) atoms. The topological polar surface area (TPSA) is 52.2 Å². The number of aldehydes is 1. The molecule has 82 valence electrons. The number of rotatable bonds is 3. The Kier molecular flexibility index (Phi) is 1.96. The van der Waals surface area contributed by atoms with Gasteiger partial charge in [0.05, 0.1) is 5.52 Å². The Morgan fingerprint density at radius 2 is 2.25 bits per heavy atom. The second-order valence-corrected chi connectivity index (χ2v) is 4.11. The third-order valence-corrected chi connectivity index (χ3v) is 2.94. The molecule has 0 spiro atoms. The first kappa shape index (κ1) is 9.39. The van der Waals surface area contributed by atoms with Crippen molar-refractivity contribution >= 4 is 17.4 Å². The fourth-order valence-corrected chi connectivity index (χ4v) is 2.04. The summed E-state index contributed by atoms with van der Waals surface area (Å²) in [5.41, 5.74) is 2.15. The molecule has 3 rings (SSSR count). The summed E-state index contributed by atoms with van der Waals surface area (Å²) in [5, 5.41) is 0. The molecular weight excluding hydrogens is 206 g/mol. The molecule has 2 aromatic rings. The van der Waals surface area contributed by atoms with Crippen molar-refractivity contribution in [2.45, 2.75) is 25.3 Å². The summed E-state index contributed by atoms with van der Waals surface area (Å²) < 4.78 is 6.93. The van der Waals surface area contributed by atoms with E-state index >= 15 is 0 Å². The van der Waals surface area contributed by atoms with Crippen molar-refractivity contribution in [1.82, 2.24) is 4.57 Å². The van der Waals surface area contributed by atoms with E-state index in [1.807, 2.05) is 18.2 Å². The van der Waals surface area contributed by atoms with Crippen LogP contribution in [0.25, 0.3) is 11.1 Å². The lowest BCUT2D eigenvalue weighted by molar-refractivity contribution is -0.107. The number of fused-ring (bicyclic) bond motifs is 1. The molecule has 0 aliphatic heterocycles. The number of benzene rings is 1. The van der Waals surface area contributed by atoms with Gasteiger partial charge in [-0.3, -0.25) is 4.57 Å². The molecule has 0 atom stereocenters. The third-order valence-electron chi connectivity index (χ3n) is 2.94. The average molecular weight is 217 g/mol. The van der Waals surface area contributed by atoms with Crippen LogP contribution >= 0.6 is 0 Å². The second kappa shape index (κ2) is 3.33. The van der Waals surface area contributed by atoms with Gasteiger partial charge in [0.1, 0.15) is 6.29 Å². The summed E-state index contributed by atoms with van der Waals surface area (Å²) in [6.07, 6.45) is 3.18. The quantitative estimate of drug-likeness (QED) is 0.735. The van der Waals surface area contributed by atoms with Gasteiger partial charge in [-0.1, -0.05) is 12.1 Å². The second-order valence-electron chi connectivity index (χ2n) is 4.11. The standard InChI is InChI=1S/C12H11NO3/c14-7-6-8-2-1-3-10-11(8)16-12(15)13(10)9-4-5-9/h1-3,7,9H,4-6H2. The molecule has 4 heteroatoms. The van der Waals surface area contributed by atoms with E-state index < -0.39 is 0 Å². The summed E-state index contributed by atoms with van der Waals surface area (Å²) in [7, 11) is 0. The van der Waals surface area contributed by atoms with E-state index in [9.17, 15) is 9.59 Å². The predicted octanol–water partition coefficient (Wildman–Crippen LogP) is 1.67. The molecule has 1 aromatic carbocycles. The molecule has 1 aliphatic rings. The minimum atomic E-state index is -0.309. The Hall–Kier alpha value is -1.84. The van der Waals surface area contributed by atoms with Crippen LogP contribution in [0.4, 0.5) is 0 Å². The van der Waals surface area contributed by atoms with Crippen LogP contribution in [0.2, 0.25) is 0 Å². The third kappa shape index (κ3) is 1.30. The molecule has 0 saturated heterocycles. The Morgan fingerprint density at radius 1 is 1.44 bits per heavy atom. The molecule has 1 heterocycles. The predicted molar refractivity (Wildman–Crippen MR) is 58.5 cm³/mol. The highest BCUT2D eigenvalue weighted by atomic mass is 16.4.